The zero-order valence-corrected chi connectivity index (χ0v) is 10.3. The third-order valence-corrected chi connectivity index (χ3v) is 3.38. The normalized spacial score (nSPS) is 17.1. The summed E-state index contributed by atoms with van der Waals surface area (Å²) in [5.41, 5.74) is 1.44. The van der Waals surface area contributed by atoms with E-state index in [-0.39, 0.29) is 11.1 Å². The second-order valence-electron chi connectivity index (χ2n) is 4.18. The van der Waals surface area contributed by atoms with Crippen molar-refractivity contribution in [1.29, 1.82) is 0 Å². The quantitative estimate of drug-likeness (QED) is 0.638. The van der Waals surface area contributed by atoms with Crippen molar-refractivity contribution in [1.82, 2.24) is 5.32 Å². The molecule has 1 N–H and O–H groups in total. The van der Waals surface area contributed by atoms with Gasteiger partial charge in [-0.1, -0.05) is 23.3 Å². The number of benzene rings is 1. The number of likely N-dealkylation sites (N-methyl/N-ethyl adjacent to an activating group) is 1. The predicted octanol–water partition coefficient (Wildman–Crippen LogP) is 3.99. The Morgan fingerprint density at radius 1 is 1.29 bits per heavy atom. The van der Waals surface area contributed by atoms with Crippen LogP contribution in [0.2, 0.25) is 5.02 Å². The van der Waals surface area contributed by atoms with Gasteiger partial charge in [0.15, 0.2) is 0 Å². The summed E-state index contributed by atoms with van der Waals surface area (Å²) in [6.45, 7) is 0. The lowest BCUT2D eigenvalue weighted by molar-refractivity contribution is 0.551. The summed E-state index contributed by atoms with van der Waals surface area (Å²) in [5, 5.41) is 2.85. The van der Waals surface area contributed by atoms with E-state index in [0.29, 0.717) is 5.56 Å². The van der Waals surface area contributed by atoms with Crippen molar-refractivity contribution < 1.29 is 8.78 Å². The van der Waals surface area contributed by atoms with Crippen LogP contribution < -0.4 is 5.32 Å². The Bertz CT molecular complexity index is 457. The maximum absolute atomic E-state index is 13.8. The van der Waals surface area contributed by atoms with Crippen molar-refractivity contribution >= 4 is 11.6 Å². The number of allylic oxidation sites excluding steroid dienone is 1. The van der Waals surface area contributed by atoms with Crippen LogP contribution in [0.15, 0.2) is 23.8 Å². The summed E-state index contributed by atoms with van der Waals surface area (Å²) in [5.74, 6) is -1.05. The molecule has 0 radical (unpaired) electrons. The van der Waals surface area contributed by atoms with Gasteiger partial charge in [0, 0.05) is 5.56 Å². The Kier molecular flexibility index (Phi) is 3.79. The molecule has 92 valence electrons. The average Bonchev–Trinajstić information content (AvgIpc) is 2.80. The molecule has 1 aromatic carbocycles. The number of rotatable bonds is 3. The highest BCUT2D eigenvalue weighted by Crippen LogP contribution is 2.33. The molecule has 0 saturated heterocycles. The Labute approximate surface area is 104 Å². The molecule has 1 aliphatic carbocycles. The first-order valence-corrected chi connectivity index (χ1v) is 6.02. The van der Waals surface area contributed by atoms with Crippen molar-refractivity contribution in [2.45, 2.75) is 25.3 Å². The van der Waals surface area contributed by atoms with Gasteiger partial charge in [-0.2, -0.15) is 0 Å². The fourth-order valence-electron chi connectivity index (χ4n) is 2.26. The van der Waals surface area contributed by atoms with E-state index in [0.717, 1.165) is 30.9 Å². The van der Waals surface area contributed by atoms with E-state index >= 15 is 0 Å². The molecule has 0 aromatic heterocycles. The Balaban J connectivity index is 2.40. The number of hydrogen-bond donors (Lipinski definition) is 1. The summed E-state index contributed by atoms with van der Waals surface area (Å²) in [7, 11) is 1.75. The number of nitrogens with one attached hydrogen (secondary N) is 1. The molecule has 17 heavy (non-hydrogen) atoms. The monoisotopic (exact) mass is 257 g/mol. The zero-order valence-electron chi connectivity index (χ0n) is 9.56. The van der Waals surface area contributed by atoms with Crippen LogP contribution in [0.5, 0.6) is 0 Å². The predicted molar refractivity (Wildman–Crippen MR) is 65.1 cm³/mol. The third-order valence-electron chi connectivity index (χ3n) is 3.09. The third kappa shape index (κ3) is 2.50. The molecule has 0 amide bonds. The van der Waals surface area contributed by atoms with Gasteiger partial charge in [-0.05, 0) is 38.4 Å². The maximum atomic E-state index is 13.8. The molecule has 1 nitrogen and oxygen atoms in total. The van der Waals surface area contributed by atoms with Gasteiger partial charge in [0.25, 0.3) is 0 Å². The first-order valence-electron chi connectivity index (χ1n) is 5.64. The molecule has 1 aliphatic rings. The molecule has 4 heteroatoms. The minimum absolute atomic E-state index is 0.179. The SMILES string of the molecule is CNC(C1=CCCC1)c1cc(F)c(Cl)cc1F. The largest absolute Gasteiger partial charge is 0.310 e. The fraction of sp³-hybridized carbons (Fsp3) is 0.385. The highest BCUT2D eigenvalue weighted by molar-refractivity contribution is 6.30. The van der Waals surface area contributed by atoms with Crippen LogP contribution in [-0.2, 0) is 0 Å². The van der Waals surface area contributed by atoms with Crippen molar-refractivity contribution in [3.63, 3.8) is 0 Å². The van der Waals surface area contributed by atoms with E-state index in [9.17, 15) is 8.78 Å². The average molecular weight is 258 g/mol. The van der Waals surface area contributed by atoms with Crippen LogP contribution in [0.1, 0.15) is 30.9 Å². The molecule has 0 heterocycles. The second-order valence-corrected chi connectivity index (χ2v) is 4.59. The van der Waals surface area contributed by atoms with Gasteiger partial charge in [-0.25, -0.2) is 8.78 Å². The summed E-state index contributed by atoms with van der Waals surface area (Å²) in [4.78, 5) is 0. The van der Waals surface area contributed by atoms with Crippen molar-refractivity contribution in [3.8, 4) is 0 Å². The van der Waals surface area contributed by atoms with Gasteiger partial charge >= 0.3 is 0 Å². The smallest absolute Gasteiger partial charge is 0.142 e. The van der Waals surface area contributed by atoms with Crippen LogP contribution >= 0.6 is 11.6 Å². The van der Waals surface area contributed by atoms with Gasteiger partial charge in [-0.3, -0.25) is 0 Å². The molecule has 0 spiro atoms. The molecule has 1 atom stereocenters. The van der Waals surface area contributed by atoms with E-state index < -0.39 is 11.6 Å². The second kappa shape index (κ2) is 5.15. The van der Waals surface area contributed by atoms with E-state index in [1.807, 2.05) is 0 Å². The summed E-state index contributed by atoms with van der Waals surface area (Å²) in [6, 6.07) is 1.95. The fourth-order valence-corrected chi connectivity index (χ4v) is 2.41. The summed E-state index contributed by atoms with van der Waals surface area (Å²) < 4.78 is 27.2. The van der Waals surface area contributed by atoms with Crippen LogP contribution in [0.4, 0.5) is 8.78 Å². The molecular formula is C13H14ClF2N. The van der Waals surface area contributed by atoms with E-state index in [1.165, 1.54) is 6.07 Å². The Hall–Kier alpha value is -0.930. The van der Waals surface area contributed by atoms with Crippen molar-refractivity contribution in [2.24, 2.45) is 0 Å². The van der Waals surface area contributed by atoms with Crippen LogP contribution in [-0.4, -0.2) is 7.05 Å². The van der Waals surface area contributed by atoms with Crippen LogP contribution in [0.3, 0.4) is 0 Å². The first-order chi connectivity index (χ1) is 8.13. The molecule has 0 bridgehead atoms. The Morgan fingerprint density at radius 2 is 2.06 bits per heavy atom. The highest BCUT2D eigenvalue weighted by atomic mass is 35.5. The van der Waals surface area contributed by atoms with E-state index in [4.69, 9.17) is 11.6 Å². The van der Waals surface area contributed by atoms with Gasteiger partial charge in [0.05, 0.1) is 11.1 Å². The zero-order chi connectivity index (χ0) is 12.4. The van der Waals surface area contributed by atoms with Crippen LogP contribution in [0, 0.1) is 11.6 Å². The minimum Gasteiger partial charge on any atom is -0.310 e. The summed E-state index contributed by atoms with van der Waals surface area (Å²) in [6.07, 6.45) is 5.10. The molecule has 1 aromatic rings. The van der Waals surface area contributed by atoms with Crippen LogP contribution in [0.25, 0.3) is 0 Å². The lowest BCUT2D eigenvalue weighted by Crippen LogP contribution is -2.19. The van der Waals surface area contributed by atoms with E-state index in [1.54, 1.807) is 7.05 Å². The lowest BCUT2D eigenvalue weighted by atomic mass is 9.97. The first kappa shape index (κ1) is 12.5. The van der Waals surface area contributed by atoms with Gasteiger partial charge in [0.2, 0.25) is 0 Å². The van der Waals surface area contributed by atoms with Crippen molar-refractivity contribution in [2.75, 3.05) is 7.05 Å². The molecule has 0 saturated carbocycles. The molecular weight excluding hydrogens is 244 g/mol. The van der Waals surface area contributed by atoms with Crippen molar-refractivity contribution in [3.05, 3.63) is 46.0 Å². The topological polar surface area (TPSA) is 12.0 Å². The van der Waals surface area contributed by atoms with Gasteiger partial charge in [0.1, 0.15) is 11.6 Å². The maximum Gasteiger partial charge on any atom is 0.142 e. The van der Waals surface area contributed by atoms with E-state index in [2.05, 4.69) is 11.4 Å². The number of halogens is 3. The molecule has 1 unspecified atom stereocenters. The summed E-state index contributed by atoms with van der Waals surface area (Å²) >= 11 is 5.54. The van der Waals surface area contributed by atoms with Gasteiger partial charge in [-0.15, -0.1) is 0 Å². The molecule has 2 rings (SSSR count). The Morgan fingerprint density at radius 3 is 2.65 bits per heavy atom. The highest BCUT2D eigenvalue weighted by Gasteiger charge is 2.21. The molecule has 0 fully saturated rings. The molecule has 0 aliphatic heterocycles. The minimum atomic E-state index is -0.582. The standard InChI is InChI=1S/C13H14ClF2N/c1-17-13(8-4-2-3-5-8)9-6-12(16)10(14)7-11(9)15/h4,6-7,13,17H,2-3,5H2,1H3. The lowest BCUT2D eigenvalue weighted by Gasteiger charge is -2.19. The number of hydrogen-bond acceptors (Lipinski definition) is 1. The van der Waals surface area contributed by atoms with Gasteiger partial charge < -0.3 is 5.32 Å².